The van der Waals surface area contributed by atoms with Gasteiger partial charge in [0.25, 0.3) is 0 Å². The van der Waals surface area contributed by atoms with E-state index in [2.05, 4.69) is 13.8 Å². The molecule has 0 aliphatic heterocycles. The highest BCUT2D eigenvalue weighted by atomic mass is 16.6. The molecular formula is C35H68O7. The number of ether oxygens (including phenoxy) is 4. The van der Waals surface area contributed by atoms with E-state index in [-0.39, 0.29) is 6.61 Å². The van der Waals surface area contributed by atoms with Crippen LogP contribution in [-0.2, 0) is 28.5 Å². The van der Waals surface area contributed by atoms with Crippen molar-refractivity contribution < 1.29 is 33.6 Å². The average Bonchev–Trinajstić information content (AvgIpc) is 2.94. The molecule has 0 aromatic rings. The third-order valence-electron chi connectivity index (χ3n) is 7.77. The van der Waals surface area contributed by atoms with Crippen LogP contribution in [0.4, 0.5) is 0 Å². The molecular weight excluding hydrogens is 532 g/mol. The second kappa shape index (κ2) is 28.6. The average molecular weight is 601 g/mol. The van der Waals surface area contributed by atoms with Crippen molar-refractivity contribution in [1.82, 2.24) is 0 Å². The minimum Gasteiger partial charge on any atom is -0.479 e. The Balaban J connectivity index is 4.72. The highest BCUT2D eigenvalue weighted by Crippen LogP contribution is 2.20. The number of aliphatic carboxylic acids is 1. The number of carbonyl (C=O) groups excluding carboxylic acids is 1. The van der Waals surface area contributed by atoms with Crippen LogP contribution in [0.5, 0.6) is 0 Å². The molecule has 0 aromatic heterocycles. The normalized spacial score (nSPS) is 13.3. The molecule has 0 spiro atoms. The van der Waals surface area contributed by atoms with Crippen molar-refractivity contribution in [2.45, 2.75) is 187 Å². The summed E-state index contributed by atoms with van der Waals surface area (Å²) in [6.07, 6.45) is 21.5. The van der Waals surface area contributed by atoms with Gasteiger partial charge in [-0.25, -0.2) is 9.59 Å². The molecule has 42 heavy (non-hydrogen) atoms. The van der Waals surface area contributed by atoms with Crippen LogP contribution in [-0.4, -0.2) is 61.3 Å². The van der Waals surface area contributed by atoms with E-state index in [0.717, 1.165) is 38.5 Å². The number of hydrogen-bond donors (Lipinski definition) is 1. The molecule has 2 unspecified atom stereocenters. The summed E-state index contributed by atoms with van der Waals surface area (Å²) in [6, 6.07) is 0. The van der Waals surface area contributed by atoms with Gasteiger partial charge in [-0.15, -0.1) is 0 Å². The number of rotatable bonds is 32. The number of carboxylic acid groups (broad SMARTS) is 1. The Kier molecular flexibility index (Phi) is 27.8. The van der Waals surface area contributed by atoms with E-state index in [1.54, 1.807) is 0 Å². The Labute approximate surface area is 259 Å². The summed E-state index contributed by atoms with van der Waals surface area (Å²) in [5.41, 5.74) is -0.801. The lowest BCUT2D eigenvalue weighted by Gasteiger charge is -2.29. The van der Waals surface area contributed by atoms with Crippen LogP contribution in [0.2, 0.25) is 0 Å². The van der Waals surface area contributed by atoms with E-state index < -0.39 is 29.7 Å². The molecule has 0 aromatic carbocycles. The predicted molar refractivity (Wildman–Crippen MR) is 172 cm³/mol. The van der Waals surface area contributed by atoms with Gasteiger partial charge in [0.1, 0.15) is 5.60 Å². The largest absolute Gasteiger partial charge is 0.479 e. The first kappa shape index (κ1) is 40.8. The van der Waals surface area contributed by atoms with Gasteiger partial charge in [-0.05, 0) is 33.6 Å². The lowest BCUT2D eigenvalue weighted by atomic mass is 10.1. The maximum Gasteiger partial charge on any atom is 0.339 e. The van der Waals surface area contributed by atoms with Crippen molar-refractivity contribution in [3.05, 3.63) is 0 Å². The topological polar surface area (TPSA) is 91.3 Å². The van der Waals surface area contributed by atoms with Crippen LogP contribution in [0.1, 0.15) is 169 Å². The van der Waals surface area contributed by atoms with Crippen molar-refractivity contribution in [3.8, 4) is 0 Å². The molecule has 0 fully saturated rings. The molecule has 0 heterocycles. The second-order valence-electron chi connectivity index (χ2n) is 12.4. The maximum absolute atomic E-state index is 13.2. The summed E-state index contributed by atoms with van der Waals surface area (Å²) >= 11 is 0. The zero-order valence-electron chi connectivity index (χ0n) is 28.2. The van der Waals surface area contributed by atoms with E-state index in [0.29, 0.717) is 26.2 Å². The molecule has 0 aliphatic rings. The first-order valence-corrected chi connectivity index (χ1v) is 17.6. The SMILES string of the molecule is CCCCCCCCCCCCOC(C(=O)O)C(OCCCCCCCCCCCC)C(=O)OC(C)(C)CCOCC. The van der Waals surface area contributed by atoms with Crippen LogP contribution in [0, 0.1) is 0 Å². The van der Waals surface area contributed by atoms with E-state index in [9.17, 15) is 14.7 Å². The summed E-state index contributed by atoms with van der Waals surface area (Å²) < 4.78 is 22.9. The Morgan fingerprint density at radius 1 is 0.571 bits per heavy atom. The van der Waals surface area contributed by atoms with Gasteiger partial charge in [0, 0.05) is 26.2 Å². The van der Waals surface area contributed by atoms with Crippen LogP contribution in [0.15, 0.2) is 0 Å². The molecule has 0 aliphatic carbocycles. The summed E-state index contributed by atoms with van der Waals surface area (Å²) in [4.78, 5) is 25.4. The number of esters is 1. The lowest BCUT2D eigenvalue weighted by molar-refractivity contribution is -0.189. The molecule has 0 saturated heterocycles. The van der Waals surface area contributed by atoms with Gasteiger partial charge < -0.3 is 24.1 Å². The van der Waals surface area contributed by atoms with Crippen molar-refractivity contribution >= 4 is 11.9 Å². The molecule has 0 bridgehead atoms. The van der Waals surface area contributed by atoms with Gasteiger partial charge in [0.05, 0.1) is 6.61 Å². The highest BCUT2D eigenvalue weighted by Gasteiger charge is 2.39. The van der Waals surface area contributed by atoms with Crippen molar-refractivity contribution in [2.24, 2.45) is 0 Å². The fourth-order valence-corrected chi connectivity index (χ4v) is 5.01. The van der Waals surface area contributed by atoms with Gasteiger partial charge in [-0.3, -0.25) is 0 Å². The molecule has 0 saturated carbocycles. The van der Waals surface area contributed by atoms with E-state index in [1.165, 1.54) is 89.9 Å². The van der Waals surface area contributed by atoms with Crippen molar-refractivity contribution in [1.29, 1.82) is 0 Å². The first-order chi connectivity index (χ1) is 20.3. The van der Waals surface area contributed by atoms with Gasteiger partial charge in [0.2, 0.25) is 0 Å². The maximum atomic E-state index is 13.2. The third kappa shape index (κ3) is 24.3. The molecule has 250 valence electrons. The van der Waals surface area contributed by atoms with E-state index >= 15 is 0 Å². The van der Waals surface area contributed by atoms with Crippen LogP contribution >= 0.6 is 0 Å². The monoisotopic (exact) mass is 600 g/mol. The van der Waals surface area contributed by atoms with E-state index in [4.69, 9.17) is 18.9 Å². The molecule has 7 heteroatoms. The third-order valence-corrected chi connectivity index (χ3v) is 7.77. The summed E-state index contributed by atoms with van der Waals surface area (Å²) in [5.74, 6) is -1.88. The summed E-state index contributed by atoms with van der Waals surface area (Å²) in [6.45, 7) is 11.6. The smallest absolute Gasteiger partial charge is 0.339 e. The molecule has 0 amide bonds. The van der Waals surface area contributed by atoms with Crippen LogP contribution < -0.4 is 0 Å². The predicted octanol–water partition coefficient (Wildman–Crippen LogP) is 9.43. The van der Waals surface area contributed by atoms with E-state index in [1.807, 2.05) is 20.8 Å². The minimum atomic E-state index is -1.39. The molecule has 7 nitrogen and oxygen atoms in total. The molecule has 0 radical (unpaired) electrons. The zero-order chi connectivity index (χ0) is 31.3. The summed E-state index contributed by atoms with van der Waals surface area (Å²) in [5, 5.41) is 9.97. The molecule has 0 rings (SSSR count). The van der Waals surface area contributed by atoms with Crippen LogP contribution in [0.3, 0.4) is 0 Å². The highest BCUT2D eigenvalue weighted by molar-refractivity contribution is 5.85. The van der Waals surface area contributed by atoms with Gasteiger partial charge in [-0.1, -0.05) is 129 Å². The van der Waals surface area contributed by atoms with Crippen LogP contribution in [0.25, 0.3) is 0 Å². The van der Waals surface area contributed by atoms with Crippen molar-refractivity contribution in [2.75, 3.05) is 26.4 Å². The fourth-order valence-electron chi connectivity index (χ4n) is 5.01. The Bertz CT molecular complexity index is 622. The second-order valence-corrected chi connectivity index (χ2v) is 12.4. The van der Waals surface area contributed by atoms with Gasteiger partial charge in [-0.2, -0.15) is 0 Å². The molecule has 1 N–H and O–H groups in total. The van der Waals surface area contributed by atoms with Gasteiger partial charge in [0.15, 0.2) is 12.2 Å². The quantitative estimate of drug-likeness (QED) is 0.0607. The standard InChI is InChI=1S/C35H68O7/c1-6-9-11-13-15-17-19-21-23-25-28-40-31(33(36)37)32(34(38)42-35(4,5)27-30-39-8-3)41-29-26-24-22-20-18-16-14-12-10-7-2/h31-32H,6-30H2,1-5H3,(H,36,37). The number of unbranched alkanes of at least 4 members (excludes halogenated alkanes) is 18. The van der Waals surface area contributed by atoms with Crippen molar-refractivity contribution in [3.63, 3.8) is 0 Å². The molecule has 2 atom stereocenters. The lowest BCUT2D eigenvalue weighted by Crippen LogP contribution is -2.47. The number of carbonyl (C=O) groups is 2. The number of carboxylic acids is 1. The Morgan fingerprint density at radius 3 is 1.33 bits per heavy atom. The zero-order valence-corrected chi connectivity index (χ0v) is 28.2. The fraction of sp³-hybridized carbons (Fsp3) is 0.943. The first-order valence-electron chi connectivity index (χ1n) is 17.6. The number of hydrogen-bond acceptors (Lipinski definition) is 6. The van der Waals surface area contributed by atoms with Gasteiger partial charge >= 0.3 is 11.9 Å². The Hall–Kier alpha value is -1.18. The Morgan fingerprint density at radius 2 is 0.952 bits per heavy atom. The summed E-state index contributed by atoms with van der Waals surface area (Å²) in [7, 11) is 0. The minimum absolute atomic E-state index is 0.284.